The van der Waals surface area contributed by atoms with E-state index >= 15 is 0 Å². The topological polar surface area (TPSA) is 168 Å². The van der Waals surface area contributed by atoms with Crippen LogP contribution in [0.3, 0.4) is 0 Å². The molecule has 2 aromatic carbocycles. The lowest BCUT2D eigenvalue weighted by Gasteiger charge is -2.22. The summed E-state index contributed by atoms with van der Waals surface area (Å²) in [6.45, 7) is 1.36. The highest BCUT2D eigenvalue weighted by atomic mass is 16.5. The maximum Gasteiger partial charge on any atom is 0.248 e. The number of tetrazole rings is 2. The molecule has 1 aliphatic heterocycles. The Labute approximate surface area is 328 Å². The van der Waals surface area contributed by atoms with Crippen molar-refractivity contribution in [3.63, 3.8) is 0 Å². The van der Waals surface area contributed by atoms with E-state index in [2.05, 4.69) is 50.7 Å². The van der Waals surface area contributed by atoms with E-state index in [-0.39, 0.29) is 11.5 Å². The van der Waals surface area contributed by atoms with E-state index in [0.717, 1.165) is 103 Å². The van der Waals surface area contributed by atoms with Crippen LogP contribution in [0, 0.1) is 0 Å². The number of aromatic amines is 1. The van der Waals surface area contributed by atoms with E-state index in [1.165, 1.54) is 70.3 Å². The van der Waals surface area contributed by atoms with Crippen molar-refractivity contribution in [1.82, 2.24) is 45.4 Å². The number of carbonyl (C=O) groups is 1. The molecule has 3 aromatic heterocycles. The molecule has 56 heavy (non-hydrogen) atoms. The van der Waals surface area contributed by atoms with Crippen molar-refractivity contribution in [1.29, 1.82) is 0 Å². The van der Waals surface area contributed by atoms with Gasteiger partial charge in [-0.2, -0.15) is 0 Å². The molecular weight excluding hydrogens is 709 g/mol. The van der Waals surface area contributed by atoms with E-state index in [9.17, 15) is 9.59 Å². The third kappa shape index (κ3) is 11.0. The number of fused-ring (bicyclic) bond motifs is 2. The Morgan fingerprint density at radius 3 is 1.88 bits per heavy atom. The van der Waals surface area contributed by atoms with Crippen molar-refractivity contribution in [2.75, 3.05) is 18.5 Å². The molecule has 1 amide bonds. The number of anilines is 1. The number of aromatic nitrogens is 9. The number of pyridine rings is 1. The molecule has 0 spiro atoms. The van der Waals surface area contributed by atoms with E-state index < -0.39 is 0 Å². The van der Waals surface area contributed by atoms with Crippen molar-refractivity contribution in [3.05, 3.63) is 76.1 Å². The monoisotopic (exact) mass is 764 g/mol. The quantitative estimate of drug-likeness (QED) is 0.0952. The largest absolute Gasteiger partial charge is 0.494 e. The lowest BCUT2D eigenvalue weighted by Crippen LogP contribution is -2.18. The second kappa shape index (κ2) is 20.1. The van der Waals surface area contributed by atoms with E-state index in [4.69, 9.17) is 9.47 Å². The van der Waals surface area contributed by atoms with Gasteiger partial charge in [0.15, 0.2) is 11.6 Å². The first-order valence-corrected chi connectivity index (χ1v) is 20.9. The number of benzene rings is 2. The Balaban J connectivity index is 0.000000172. The van der Waals surface area contributed by atoms with Gasteiger partial charge in [-0.25, -0.2) is 9.36 Å². The minimum absolute atomic E-state index is 0.0896. The summed E-state index contributed by atoms with van der Waals surface area (Å²) in [7, 11) is 0. The first-order valence-electron chi connectivity index (χ1n) is 20.9. The fourth-order valence-electron chi connectivity index (χ4n) is 8.14. The number of carbonyl (C=O) groups excluding carboxylic acids is 1. The molecule has 2 aliphatic carbocycles. The summed E-state index contributed by atoms with van der Waals surface area (Å²) in [6.07, 6.45) is 22.1. The highest BCUT2D eigenvalue weighted by Gasteiger charge is 2.21. The molecule has 0 atom stereocenters. The third-order valence-electron chi connectivity index (χ3n) is 11.3. The number of rotatable bonds is 16. The maximum absolute atomic E-state index is 11.4. The lowest BCUT2D eigenvalue weighted by molar-refractivity contribution is -0.116. The standard InChI is InChI=1S/C22H29N5O2.C20H27N5O2/c28-22-14-12-17-11-13-19(16-20(17)23-22)29-15-7-2-1-6-10-21-24-25-26-27(21)18-8-4-3-5-9-18;26-20-12-9-15-14-17(10-11-18(15)21-20)27-13-5-4-8-19-22-23-24-25(19)16-6-2-1-3-7-16/h11-14,16,18H,1-10,15H2,(H,23,28);10-11,14,16H,1-9,12-13H2,(H,21,26). The van der Waals surface area contributed by atoms with Crippen molar-refractivity contribution >= 4 is 22.5 Å². The summed E-state index contributed by atoms with van der Waals surface area (Å²) in [5.74, 6) is 3.81. The molecule has 2 saturated carbocycles. The number of H-pyrrole nitrogens is 1. The Morgan fingerprint density at radius 2 is 1.20 bits per heavy atom. The van der Waals surface area contributed by atoms with Gasteiger partial charge in [-0.05, 0) is 126 Å². The number of hydrogen-bond donors (Lipinski definition) is 2. The summed E-state index contributed by atoms with van der Waals surface area (Å²) < 4.78 is 15.9. The molecule has 14 nitrogen and oxygen atoms in total. The van der Waals surface area contributed by atoms with Gasteiger partial charge in [0, 0.05) is 37.1 Å². The van der Waals surface area contributed by atoms with E-state index in [0.29, 0.717) is 31.7 Å². The smallest absolute Gasteiger partial charge is 0.248 e. The van der Waals surface area contributed by atoms with Crippen LogP contribution in [0.4, 0.5) is 5.69 Å². The van der Waals surface area contributed by atoms with Gasteiger partial charge in [-0.15, -0.1) is 10.2 Å². The van der Waals surface area contributed by atoms with Crippen molar-refractivity contribution < 1.29 is 14.3 Å². The third-order valence-corrected chi connectivity index (χ3v) is 11.3. The maximum atomic E-state index is 11.4. The van der Waals surface area contributed by atoms with Crippen LogP contribution in [-0.4, -0.2) is 64.5 Å². The van der Waals surface area contributed by atoms with Crippen LogP contribution in [0.5, 0.6) is 11.5 Å². The van der Waals surface area contributed by atoms with Gasteiger partial charge in [0.25, 0.3) is 0 Å². The lowest BCUT2D eigenvalue weighted by atomic mass is 9.95. The number of nitrogens with one attached hydrogen (secondary N) is 2. The Bertz CT molecular complexity index is 2050. The average Bonchev–Trinajstić information content (AvgIpc) is 3.91. The molecule has 4 heterocycles. The van der Waals surface area contributed by atoms with Gasteiger partial charge in [0.05, 0.1) is 30.8 Å². The zero-order valence-electron chi connectivity index (χ0n) is 32.5. The van der Waals surface area contributed by atoms with Crippen LogP contribution in [-0.2, 0) is 24.1 Å². The second-order valence-corrected chi connectivity index (χ2v) is 15.4. The molecule has 0 saturated heterocycles. The van der Waals surface area contributed by atoms with Gasteiger partial charge in [-0.3, -0.25) is 9.59 Å². The number of aryl methyl sites for hydroxylation is 3. The minimum Gasteiger partial charge on any atom is -0.494 e. The number of hydrogen-bond acceptors (Lipinski definition) is 10. The minimum atomic E-state index is -0.0934. The number of nitrogens with zero attached hydrogens (tertiary/aromatic N) is 8. The van der Waals surface area contributed by atoms with Gasteiger partial charge in [0.1, 0.15) is 11.5 Å². The number of amides is 1. The van der Waals surface area contributed by atoms with Crippen molar-refractivity contribution in [2.24, 2.45) is 0 Å². The first-order chi connectivity index (χ1) is 27.6. The van der Waals surface area contributed by atoms with Gasteiger partial charge in [-0.1, -0.05) is 51.4 Å². The molecule has 8 rings (SSSR count). The molecule has 0 unspecified atom stereocenters. The zero-order chi connectivity index (χ0) is 38.4. The summed E-state index contributed by atoms with van der Waals surface area (Å²) in [5.41, 5.74) is 2.78. The summed E-state index contributed by atoms with van der Waals surface area (Å²) in [5, 5.41) is 28.6. The van der Waals surface area contributed by atoms with Crippen molar-refractivity contribution in [3.8, 4) is 11.5 Å². The Hall–Kier alpha value is -5.14. The molecular formula is C42H56N10O4. The number of ether oxygens (including phenoxy) is 2. The predicted molar refractivity (Wildman–Crippen MR) is 214 cm³/mol. The SMILES string of the molecule is O=C1CCc2cc(OCCCCc3nnnn3C3CCCCC3)ccc2N1.O=c1ccc2ccc(OCCCCCCc3nnnn3C3CCCCC3)cc2[nH]1. The summed E-state index contributed by atoms with van der Waals surface area (Å²) >= 11 is 0. The van der Waals surface area contributed by atoms with Gasteiger partial charge < -0.3 is 19.8 Å². The highest BCUT2D eigenvalue weighted by molar-refractivity contribution is 5.94. The zero-order valence-corrected chi connectivity index (χ0v) is 32.5. The Kier molecular flexibility index (Phi) is 14.1. The van der Waals surface area contributed by atoms with E-state index in [1.54, 1.807) is 0 Å². The normalized spacial score (nSPS) is 16.2. The molecule has 3 aliphatic rings. The summed E-state index contributed by atoms with van der Waals surface area (Å²) in [4.78, 5) is 25.7. The van der Waals surface area contributed by atoms with Crippen LogP contribution in [0.25, 0.3) is 10.9 Å². The van der Waals surface area contributed by atoms with Gasteiger partial charge >= 0.3 is 0 Å². The molecule has 14 heteroatoms. The highest BCUT2D eigenvalue weighted by Crippen LogP contribution is 2.30. The molecule has 0 radical (unpaired) electrons. The van der Waals surface area contributed by atoms with E-state index in [1.807, 2.05) is 42.5 Å². The fraction of sp³-hybridized carbons (Fsp3) is 0.571. The Morgan fingerprint density at radius 1 is 0.625 bits per heavy atom. The molecule has 2 N–H and O–H groups in total. The van der Waals surface area contributed by atoms with Crippen LogP contribution in [0.1, 0.15) is 138 Å². The van der Waals surface area contributed by atoms with Crippen LogP contribution >= 0.6 is 0 Å². The molecule has 2 fully saturated rings. The molecule has 5 aromatic rings. The van der Waals surface area contributed by atoms with Gasteiger partial charge in [0.2, 0.25) is 11.5 Å². The second-order valence-electron chi connectivity index (χ2n) is 15.4. The predicted octanol–water partition coefficient (Wildman–Crippen LogP) is 7.67. The summed E-state index contributed by atoms with van der Waals surface area (Å²) in [6, 6.07) is 16.0. The van der Waals surface area contributed by atoms with Crippen LogP contribution in [0.15, 0.2) is 53.3 Å². The van der Waals surface area contributed by atoms with Crippen LogP contribution in [0.2, 0.25) is 0 Å². The molecule has 298 valence electrons. The first kappa shape index (κ1) is 39.1. The molecule has 0 bridgehead atoms. The van der Waals surface area contributed by atoms with Crippen molar-refractivity contribution in [2.45, 2.75) is 141 Å². The fourth-order valence-corrected chi connectivity index (χ4v) is 8.14. The average molecular weight is 765 g/mol. The van der Waals surface area contributed by atoms with Crippen LogP contribution < -0.4 is 20.3 Å². The number of unbranched alkanes of at least 4 members (excludes halogenated alkanes) is 4.